The molecular weight excluding hydrogens is 408 g/mol. The molecule has 9 nitrogen and oxygen atoms in total. The molecule has 168 valence electrons. The van der Waals surface area contributed by atoms with Crippen molar-refractivity contribution < 1.29 is 14.1 Å². The van der Waals surface area contributed by atoms with E-state index in [1.165, 1.54) is 0 Å². The predicted octanol–water partition coefficient (Wildman–Crippen LogP) is 2.60. The van der Waals surface area contributed by atoms with Crippen molar-refractivity contribution in [2.45, 2.75) is 51.6 Å². The molecule has 2 N–H and O–H groups in total. The van der Waals surface area contributed by atoms with Gasteiger partial charge in [-0.3, -0.25) is 14.3 Å². The van der Waals surface area contributed by atoms with E-state index in [1.807, 2.05) is 44.2 Å². The molecule has 3 atom stereocenters. The van der Waals surface area contributed by atoms with E-state index in [0.717, 1.165) is 5.56 Å². The Morgan fingerprint density at radius 2 is 1.94 bits per heavy atom. The van der Waals surface area contributed by atoms with Gasteiger partial charge in [0, 0.05) is 36.8 Å². The summed E-state index contributed by atoms with van der Waals surface area (Å²) in [6.07, 6.45) is 2.71. The van der Waals surface area contributed by atoms with E-state index in [1.54, 1.807) is 24.9 Å². The van der Waals surface area contributed by atoms with Crippen molar-refractivity contribution in [1.82, 2.24) is 30.6 Å². The van der Waals surface area contributed by atoms with Gasteiger partial charge in [0.25, 0.3) is 5.91 Å². The lowest BCUT2D eigenvalue weighted by Gasteiger charge is -2.17. The molecule has 3 aromatic rings. The summed E-state index contributed by atoms with van der Waals surface area (Å²) in [4.78, 5) is 30.3. The van der Waals surface area contributed by atoms with Crippen molar-refractivity contribution >= 4 is 11.8 Å². The van der Waals surface area contributed by atoms with Gasteiger partial charge in [-0.1, -0.05) is 35.5 Å². The Balaban J connectivity index is 1.58. The Morgan fingerprint density at radius 1 is 1.19 bits per heavy atom. The highest BCUT2D eigenvalue weighted by molar-refractivity contribution is 5.95. The molecule has 1 aliphatic carbocycles. The van der Waals surface area contributed by atoms with E-state index in [0.29, 0.717) is 35.8 Å². The number of benzene rings is 1. The number of hydrogen-bond acceptors (Lipinski definition) is 6. The Kier molecular flexibility index (Phi) is 6.07. The van der Waals surface area contributed by atoms with Crippen molar-refractivity contribution in [3.05, 3.63) is 53.7 Å². The first-order valence-corrected chi connectivity index (χ1v) is 10.8. The van der Waals surface area contributed by atoms with Crippen LogP contribution in [0, 0.1) is 12.8 Å². The molecule has 2 amide bonds. The second kappa shape index (κ2) is 8.94. The van der Waals surface area contributed by atoms with Crippen LogP contribution < -0.4 is 10.6 Å². The van der Waals surface area contributed by atoms with Gasteiger partial charge >= 0.3 is 0 Å². The van der Waals surface area contributed by atoms with Crippen LogP contribution in [0.3, 0.4) is 0 Å². The van der Waals surface area contributed by atoms with Crippen LogP contribution in [0.4, 0.5) is 0 Å². The van der Waals surface area contributed by atoms with E-state index in [9.17, 15) is 9.59 Å². The molecule has 0 aliphatic heterocycles. The summed E-state index contributed by atoms with van der Waals surface area (Å²) in [7, 11) is 1.78. The lowest BCUT2D eigenvalue weighted by Crippen LogP contribution is -2.38. The van der Waals surface area contributed by atoms with Crippen molar-refractivity contribution in [3.8, 4) is 11.4 Å². The summed E-state index contributed by atoms with van der Waals surface area (Å²) >= 11 is 0. The lowest BCUT2D eigenvalue weighted by atomic mass is 10.0. The zero-order chi connectivity index (χ0) is 22.8. The molecule has 2 heterocycles. The van der Waals surface area contributed by atoms with Crippen LogP contribution in [0.5, 0.6) is 0 Å². The number of nitrogens with one attached hydrogen (secondary N) is 2. The number of rotatable bonds is 6. The van der Waals surface area contributed by atoms with E-state index in [4.69, 9.17) is 4.52 Å². The van der Waals surface area contributed by atoms with Gasteiger partial charge < -0.3 is 15.2 Å². The Hall–Kier alpha value is -3.49. The van der Waals surface area contributed by atoms with Gasteiger partial charge in [-0.05, 0) is 33.6 Å². The van der Waals surface area contributed by atoms with Gasteiger partial charge in [-0.15, -0.1) is 0 Å². The van der Waals surface area contributed by atoms with Gasteiger partial charge in [0.15, 0.2) is 0 Å². The summed E-state index contributed by atoms with van der Waals surface area (Å²) in [5.41, 5.74) is 2.01. The molecule has 2 aromatic heterocycles. The molecule has 1 fully saturated rings. The lowest BCUT2D eigenvalue weighted by molar-refractivity contribution is -0.125. The largest absolute Gasteiger partial charge is 0.354 e. The highest BCUT2D eigenvalue weighted by atomic mass is 16.5. The number of carbonyl (C=O) groups is 2. The minimum Gasteiger partial charge on any atom is -0.354 e. The van der Waals surface area contributed by atoms with Gasteiger partial charge in [-0.25, -0.2) is 0 Å². The highest BCUT2D eigenvalue weighted by Crippen LogP contribution is 2.39. The third kappa shape index (κ3) is 4.56. The molecule has 0 bridgehead atoms. The Labute approximate surface area is 186 Å². The van der Waals surface area contributed by atoms with Gasteiger partial charge in [0.05, 0.1) is 17.2 Å². The fraction of sp³-hybridized carbons (Fsp3) is 0.435. The SMILES string of the molecule is Cc1nn(C)cc1C(=O)N[C@H]1C[C@H](C(=O)NC(C)C)C[C@H]1c1nc(-c2ccccc2)no1. The number of aryl methyl sites for hydroxylation is 2. The molecular formula is C23H28N6O3. The van der Waals surface area contributed by atoms with Crippen LogP contribution in [-0.4, -0.2) is 43.8 Å². The van der Waals surface area contributed by atoms with Crippen molar-refractivity contribution in [3.63, 3.8) is 0 Å². The summed E-state index contributed by atoms with van der Waals surface area (Å²) in [6.45, 7) is 5.65. The summed E-state index contributed by atoms with van der Waals surface area (Å²) in [5, 5.41) is 14.4. The fourth-order valence-electron chi connectivity index (χ4n) is 4.25. The second-order valence-electron chi connectivity index (χ2n) is 8.64. The molecule has 32 heavy (non-hydrogen) atoms. The maximum Gasteiger partial charge on any atom is 0.254 e. The molecule has 1 aliphatic rings. The van der Waals surface area contributed by atoms with E-state index >= 15 is 0 Å². The molecule has 1 aromatic carbocycles. The fourth-order valence-corrected chi connectivity index (χ4v) is 4.25. The van der Waals surface area contributed by atoms with Crippen LogP contribution in [0.25, 0.3) is 11.4 Å². The first-order valence-electron chi connectivity index (χ1n) is 10.8. The molecule has 1 saturated carbocycles. The smallest absolute Gasteiger partial charge is 0.254 e. The van der Waals surface area contributed by atoms with Crippen LogP contribution in [0.2, 0.25) is 0 Å². The number of aromatic nitrogens is 4. The zero-order valence-corrected chi connectivity index (χ0v) is 18.7. The quantitative estimate of drug-likeness (QED) is 0.614. The maximum atomic E-state index is 13.0. The summed E-state index contributed by atoms with van der Waals surface area (Å²) in [5.74, 6) is 0.153. The number of nitrogens with zero attached hydrogens (tertiary/aromatic N) is 4. The Morgan fingerprint density at radius 3 is 2.59 bits per heavy atom. The van der Waals surface area contributed by atoms with Crippen molar-refractivity contribution in [2.24, 2.45) is 13.0 Å². The van der Waals surface area contributed by atoms with Gasteiger partial charge in [-0.2, -0.15) is 10.1 Å². The molecule has 0 unspecified atom stereocenters. The maximum absolute atomic E-state index is 13.0. The van der Waals surface area contributed by atoms with Crippen LogP contribution in [0.15, 0.2) is 41.1 Å². The summed E-state index contributed by atoms with van der Waals surface area (Å²) < 4.78 is 7.21. The highest BCUT2D eigenvalue weighted by Gasteiger charge is 2.42. The molecule has 0 radical (unpaired) electrons. The monoisotopic (exact) mass is 436 g/mol. The first-order chi connectivity index (χ1) is 15.3. The van der Waals surface area contributed by atoms with Crippen molar-refractivity contribution in [2.75, 3.05) is 0 Å². The normalized spacial score (nSPS) is 20.5. The van der Waals surface area contributed by atoms with Crippen LogP contribution in [0.1, 0.15) is 54.5 Å². The average molecular weight is 437 g/mol. The molecule has 9 heteroatoms. The summed E-state index contributed by atoms with van der Waals surface area (Å²) in [6, 6.07) is 9.29. The topological polar surface area (TPSA) is 115 Å². The third-order valence-corrected chi connectivity index (χ3v) is 5.73. The van der Waals surface area contributed by atoms with Gasteiger partial charge in [0.1, 0.15) is 0 Å². The van der Waals surface area contributed by atoms with E-state index in [2.05, 4.69) is 25.9 Å². The number of hydrogen-bond donors (Lipinski definition) is 2. The van der Waals surface area contributed by atoms with E-state index in [-0.39, 0.29) is 35.7 Å². The minimum absolute atomic E-state index is 0.0258. The number of amides is 2. The molecule has 0 saturated heterocycles. The predicted molar refractivity (Wildman–Crippen MR) is 118 cm³/mol. The molecule has 4 rings (SSSR count). The molecule has 0 spiro atoms. The van der Waals surface area contributed by atoms with Crippen LogP contribution >= 0.6 is 0 Å². The number of carbonyl (C=O) groups excluding carboxylic acids is 2. The zero-order valence-electron chi connectivity index (χ0n) is 18.7. The average Bonchev–Trinajstić information content (AvgIpc) is 3.46. The first kappa shape index (κ1) is 21.7. The minimum atomic E-state index is -0.311. The van der Waals surface area contributed by atoms with Crippen LogP contribution in [-0.2, 0) is 11.8 Å². The standard InChI is InChI=1S/C23H28N6O3/c1-13(2)24-21(30)16-10-17(23-26-20(28-32-23)15-8-6-5-7-9-15)19(11-16)25-22(31)18-12-29(4)27-14(18)3/h5-9,12-13,16-17,19H,10-11H2,1-4H3,(H,24,30)(H,25,31)/t16-,17-,19+/m1/s1. The second-order valence-corrected chi connectivity index (χ2v) is 8.64. The van der Waals surface area contributed by atoms with E-state index < -0.39 is 0 Å². The third-order valence-electron chi connectivity index (χ3n) is 5.73. The van der Waals surface area contributed by atoms with Gasteiger partial charge in [0.2, 0.25) is 17.6 Å². The Bertz CT molecular complexity index is 1100. The van der Waals surface area contributed by atoms with Crippen molar-refractivity contribution in [1.29, 1.82) is 0 Å².